The summed E-state index contributed by atoms with van der Waals surface area (Å²) in [5.41, 5.74) is 1.08. The van der Waals surface area contributed by atoms with Crippen LogP contribution in [-0.4, -0.2) is 30.1 Å². The molecule has 0 spiro atoms. The van der Waals surface area contributed by atoms with Gasteiger partial charge in [-0.1, -0.05) is 0 Å². The van der Waals surface area contributed by atoms with Crippen molar-refractivity contribution in [3.8, 4) is 0 Å². The van der Waals surface area contributed by atoms with Crippen LogP contribution in [0.5, 0.6) is 0 Å². The molecule has 0 saturated carbocycles. The van der Waals surface area contributed by atoms with Gasteiger partial charge in [-0.3, -0.25) is 0 Å². The highest BCUT2D eigenvalue weighted by Gasteiger charge is 2.20. The molecule has 1 N–H and O–H groups in total. The van der Waals surface area contributed by atoms with Crippen molar-refractivity contribution in [2.45, 2.75) is 25.2 Å². The summed E-state index contributed by atoms with van der Waals surface area (Å²) in [6.07, 6.45) is 5.30. The third-order valence-electron chi connectivity index (χ3n) is 2.71. The third-order valence-corrected chi connectivity index (χ3v) is 3.93. The van der Waals surface area contributed by atoms with E-state index in [4.69, 9.17) is 4.42 Å². The number of thioether (sulfide) groups is 1. The Balaban J connectivity index is 1.93. The molecule has 1 atom stereocenters. The van der Waals surface area contributed by atoms with Crippen molar-refractivity contribution in [3.05, 3.63) is 17.8 Å². The summed E-state index contributed by atoms with van der Waals surface area (Å²) < 4.78 is 5.55. The van der Waals surface area contributed by atoms with Crippen molar-refractivity contribution >= 4 is 11.8 Å². The molecule has 0 aromatic carbocycles. The van der Waals surface area contributed by atoms with Gasteiger partial charge in [0.2, 0.25) is 0 Å². The largest absolute Gasteiger partial charge is 0.448 e. The normalized spacial score (nSPS) is 21.8. The smallest absolute Gasteiger partial charge is 0.198 e. The molecule has 1 unspecified atom stereocenters. The lowest BCUT2D eigenvalue weighted by Crippen LogP contribution is -2.11. The zero-order valence-corrected chi connectivity index (χ0v) is 9.98. The van der Waals surface area contributed by atoms with Gasteiger partial charge in [0.05, 0.1) is 5.69 Å². The highest BCUT2D eigenvalue weighted by atomic mass is 32.2. The van der Waals surface area contributed by atoms with E-state index < -0.39 is 0 Å². The summed E-state index contributed by atoms with van der Waals surface area (Å²) >= 11 is 2.01. The molecule has 1 aliphatic heterocycles. The van der Waals surface area contributed by atoms with Crippen LogP contribution in [-0.2, 0) is 6.42 Å². The van der Waals surface area contributed by atoms with Gasteiger partial charge in [-0.15, -0.1) is 0 Å². The number of nitrogens with one attached hydrogen (secondary N) is 1. The Morgan fingerprint density at radius 3 is 3.33 bits per heavy atom. The topological polar surface area (TPSA) is 38.1 Å². The molecule has 4 heteroatoms. The number of likely N-dealkylation sites (N-methyl/N-ethyl adjacent to an activating group) is 1. The van der Waals surface area contributed by atoms with Gasteiger partial charge in [-0.2, -0.15) is 11.8 Å². The van der Waals surface area contributed by atoms with E-state index >= 15 is 0 Å². The highest BCUT2D eigenvalue weighted by molar-refractivity contribution is 7.99. The Bertz CT molecular complexity index is 295. The van der Waals surface area contributed by atoms with Gasteiger partial charge in [0.1, 0.15) is 6.26 Å². The molecule has 0 bridgehead atoms. The maximum absolute atomic E-state index is 5.55. The molecule has 15 heavy (non-hydrogen) atoms. The lowest BCUT2D eigenvalue weighted by atomic mass is 10.1. The summed E-state index contributed by atoms with van der Waals surface area (Å²) in [7, 11) is 1.96. The standard InChI is InChI=1S/C11H18N2OS/c1-12-5-4-10-7-14-11(13-10)9-3-2-6-15-8-9/h7,9,12H,2-6,8H2,1H3. The maximum atomic E-state index is 5.55. The molecular formula is C11H18N2OS. The molecule has 1 saturated heterocycles. The van der Waals surface area contributed by atoms with Gasteiger partial charge in [0.25, 0.3) is 0 Å². The van der Waals surface area contributed by atoms with E-state index in [1.165, 1.54) is 24.3 Å². The van der Waals surface area contributed by atoms with Gasteiger partial charge in [0, 0.05) is 24.6 Å². The van der Waals surface area contributed by atoms with Crippen molar-refractivity contribution in [1.29, 1.82) is 0 Å². The van der Waals surface area contributed by atoms with Crippen LogP contribution in [0, 0.1) is 0 Å². The molecule has 1 aliphatic rings. The zero-order chi connectivity index (χ0) is 10.5. The maximum Gasteiger partial charge on any atom is 0.198 e. The number of oxazole rings is 1. The highest BCUT2D eigenvalue weighted by Crippen LogP contribution is 2.30. The van der Waals surface area contributed by atoms with Crippen molar-refractivity contribution in [2.24, 2.45) is 0 Å². The Labute approximate surface area is 95.0 Å². The second-order valence-electron chi connectivity index (χ2n) is 3.94. The van der Waals surface area contributed by atoms with Gasteiger partial charge < -0.3 is 9.73 Å². The van der Waals surface area contributed by atoms with E-state index in [0.29, 0.717) is 5.92 Å². The fourth-order valence-electron chi connectivity index (χ4n) is 1.81. The van der Waals surface area contributed by atoms with Crippen LogP contribution >= 0.6 is 11.8 Å². The number of hydrogen-bond donors (Lipinski definition) is 1. The van der Waals surface area contributed by atoms with Crippen LogP contribution in [0.15, 0.2) is 10.7 Å². The van der Waals surface area contributed by atoms with E-state index in [1.54, 1.807) is 0 Å². The molecule has 2 heterocycles. The Morgan fingerprint density at radius 1 is 1.67 bits per heavy atom. The first-order valence-corrected chi connectivity index (χ1v) is 6.72. The molecule has 2 rings (SSSR count). The first-order valence-electron chi connectivity index (χ1n) is 5.57. The minimum absolute atomic E-state index is 0.548. The fourth-order valence-corrected chi connectivity index (χ4v) is 2.94. The second kappa shape index (κ2) is 5.56. The van der Waals surface area contributed by atoms with Crippen molar-refractivity contribution < 1.29 is 4.42 Å². The lowest BCUT2D eigenvalue weighted by Gasteiger charge is -2.17. The summed E-state index contributed by atoms with van der Waals surface area (Å²) in [5, 5.41) is 3.12. The van der Waals surface area contributed by atoms with Crippen LogP contribution in [0.1, 0.15) is 30.3 Å². The molecule has 1 fully saturated rings. The van der Waals surface area contributed by atoms with Gasteiger partial charge in [0.15, 0.2) is 5.89 Å². The first kappa shape index (κ1) is 11.0. The van der Waals surface area contributed by atoms with Crippen LogP contribution in [0.3, 0.4) is 0 Å². The van der Waals surface area contributed by atoms with Crippen LogP contribution in [0.4, 0.5) is 0 Å². The lowest BCUT2D eigenvalue weighted by molar-refractivity contribution is 0.443. The molecule has 1 aromatic heterocycles. The van der Waals surface area contributed by atoms with E-state index in [2.05, 4.69) is 10.3 Å². The molecule has 3 nitrogen and oxygen atoms in total. The average molecular weight is 226 g/mol. The van der Waals surface area contributed by atoms with E-state index in [-0.39, 0.29) is 0 Å². The predicted molar refractivity (Wildman–Crippen MR) is 63.4 cm³/mol. The second-order valence-corrected chi connectivity index (χ2v) is 5.09. The van der Waals surface area contributed by atoms with Crippen LogP contribution < -0.4 is 5.32 Å². The zero-order valence-electron chi connectivity index (χ0n) is 9.16. The minimum atomic E-state index is 0.548. The van der Waals surface area contributed by atoms with Crippen molar-refractivity contribution in [1.82, 2.24) is 10.3 Å². The minimum Gasteiger partial charge on any atom is -0.448 e. The van der Waals surface area contributed by atoms with Crippen LogP contribution in [0.25, 0.3) is 0 Å². The third kappa shape index (κ3) is 2.98. The number of hydrogen-bond acceptors (Lipinski definition) is 4. The van der Waals surface area contributed by atoms with E-state index in [9.17, 15) is 0 Å². The summed E-state index contributed by atoms with van der Waals surface area (Å²) in [6.45, 7) is 0.964. The molecular weight excluding hydrogens is 208 g/mol. The fraction of sp³-hybridized carbons (Fsp3) is 0.727. The van der Waals surface area contributed by atoms with Gasteiger partial charge in [-0.05, 0) is 25.6 Å². The van der Waals surface area contributed by atoms with E-state index in [0.717, 1.165) is 24.6 Å². The first-order chi connectivity index (χ1) is 7.40. The quantitative estimate of drug-likeness (QED) is 0.852. The summed E-state index contributed by atoms with van der Waals surface area (Å²) in [5.74, 6) is 3.97. The summed E-state index contributed by atoms with van der Waals surface area (Å²) in [6, 6.07) is 0. The van der Waals surface area contributed by atoms with Gasteiger partial charge >= 0.3 is 0 Å². The number of nitrogens with zero attached hydrogens (tertiary/aromatic N) is 1. The van der Waals surface area contributed by atoms with Crippen LogP contribution in [0.2, 0.25) is 0 Å². The molecule has 1 aromatic rings. The van der Waals surface area contributed by atoms with Gasteiger partial charge in [-0.25, -0.2) is 4.98 Å². The number of rotatable bonds is 4. The number of aromatic nitrogens is 1. The van der Waals surface area contributed by atoms with E-state index in [1.807, 2.05) is 25.1 Å². The van der Waals surface area contributed by atoms with Crippen molar-refractivity contribution in [3.63, 3.8) is 0 Å². The average Bonchev–Trinajstić information content (AvgIpc) is 2.76. The molecule has 0 amide bonds. The molecule has 0 radical (unpaired) electrons. The van der Waals surface area contributed by atoms with Crippen molar-refractivity contribution in [2.75, 3.05) is 25.1 Å². The Morgan fingerprint density at radius 2 is 2.60 bits per heavy atom. The predicted octanol–water partition coefficient (Wildman–Crippen LogP) is 2.05. The monoisotopic (exact) mass is 226 g/mol. The Hall–Kier alpha value is -0.480. The SMILES string of the molecule is CNCCc1coc(C2CCCSC2)n1. The molecule has 0 aliphatic carbocycles. The summed E-state index contributed by atoms with van der Waals surface area (Å²) in [4.78, 5) is 4.55. The Kier molecular flexibility index (Phi) is 4.09. The molecule has 84 valence electrons.